The van der Waals surface area contributed by atoms with E-state index in [1.165, 1.54) is 5.56 Å². The van der Waals surface area contributed by atoms with Gasteiger partial charge in [-0.1, -0.05) is 63.6 Å². The van der Waals surface area contributed by atoms with Gasteiger partial charge in [-0.25, -0.2) is 13.1 Å². The van der Waals surface area contributed by atoms with E-state index in [0.717, 1.165) is 35.8 Å². The van der Waals surface area contributed by atoms with E-state index < -0.39 is 15.9 Å². The summed E-state index contributed by atoms with van der Waals surface area (Å²) in [6, 6.07) is 14.0. The molecule has 0 saturated carbocycles. The third kappa shape index (κ3) is 5.70. The predicted molar refractivity (Wildman–Crippen MR) is 107 cm³/mol. The monoisotopic (exact) mass is 373 g/mol. The van der Waals surface area contributed by atoms with Crippen molar-refractivity contribution < 1.29 is 13.2 Å². The molecule has 140 valence electrons. The lowest BCUT2D eigenvalue weighted by atomic mass is 9.93. The molecule has 0 saturated heterocycles. The highest BCUT2D eigenvalue weighted by atomic mass is 32.2. The van der Waals surface area contributed by atoms with Gasteiger partial charge in [0, 0.05) is 5.56 Å². The molecule has 0 aliphatic heterocycles. The summed E-state index contributed by atoms with van der Waals surface area (Å²) in [5, 5.41) is 0. The maximum Gasteiger partial charge on any atom is 0.264 e. The Labute approximate surface area is 156 Å². The van der Waals surface area contributed by atoms with Crippen LogP contribution in [-0.2, 0) is 22.9 Å². The molecule has 0 unspecified atom stereocenters. The third-order valence-electron chi connectivity index (χ3n) is 4.08. The fourth-order valence-corrected chi connectivity index (χ4v) is 3.43. The molecule has 2 aromatic carbocycles. The Morgan fingerprint density at radius 1 is 1.04 bits per heavy atom. The summed E-state index contributed by atoms with van der Waals surface area (Å²) in [4.78, 5) is 12.3. The summed E-state index contributed by atoms with van der Waals surface area (Å²) in [5.74, 6) is -0.227. The first-order chi connectivity index (χ1) is 12.2. The average Bonchev–Trinajstić information content (AvgIpc) is 2.53. The van der Waals surface area contributed by atoms with Crippen LogP contribution >= 0.6 is 0 Å². The van der Waals surface area contributed by atoms with E-state index in [4.69, 9.17) is 0 Å². The number of carbonyl (C=O) groups excluding carboxylic acids is 1. The topological polar surface area (TPSA) is 63.2 Å². The van der Waals surface area contributed by atoms with E-state index >= 15 is 0 Å². The third-order valence-corrected chi connectivity index (χ3v) is 4.64. The fourth-order valence-electron chi connectivity index (χ4n) is 2.98. The van der Waals surface area contributed by atoms with Crippen LogP contribution in [0.25, 0.3) is 11.1 Å². The second kappa shape index (κ2) is 8.49. The summed E-state index contributed by atoms with van der Waals surface area (Å²) in [5.41, 5.74) is 4.69. The molecule has 2 rings (SSSR count). The van der Waals surface area contributed by atoms with Crippen LogP contribution in [0.3, 0.4) is 0 Å². The SMILES string of the molecule is CCCc1ccc(-c2ccc(C(=O)NS(C)(=O)=O)c(CC(C)C)c2)cc1. The van der Waals surface area contributed by atoms with Gasteiger partial charge in [-0.05, 0) is 47.1 Å². The largest absolute Gasteiger partial charge is 0.268 e. The standard InChI is InChI=1S/C21H27NO3S/c1-5-6-16-7-9-17(10-8-16)18-11-12-20(19(14-18)13-15(2)3)21(23)22-26(4,24)25/h7-12,14-15H,5-6,13H2,1-4H3,(H,22,23). The van der Waals surface area contributed by atoms with Crippen molar-refractivity contribution in [2.75, 3.05) is 6.26 Å². The van der Waals surface area contributed by atoms with Crippen molar-refractivity contribution in [3.8, 4) is 11.1 Å². The van der Waals surface area contributed by atoms with Crippen LogP contribution in [0, 0.1) is 5.92 Å². The van der Waals surface area contributed by atoms with Gasteiger partial charge in [-0.15, -0.1) is 0 Å². The van der Waals surface area contributed by atoms with Crippen LogP contribution in [-0.4, -0.2) is 20.6 Å². The van der Waals surface area contributed by atoms with Crippen LogP contribution in [0.1, 0.15) is 48.7 Å². The molecule has 0 aromatic heterocycles. The van der Waals surface area contributed by atoms with E-state index in [1.54, 1.807) is 6.07 Å². The molecular weight excluding hydrogens is 346 g/mol. The van der Waals surface area contributed by atoms with E-state index in [0.29, 0.717) is 17.9 Å². The summed E-state index contributed by atoms with van der Waals surface area (Å²) in [6.07, 6.45) is 3.86. The van der Waals surface area contributed by atoms with Crippen LogP contribution < -0.4 is 4.72 Å². The lowest BCUT2D eigenvalue weighted by molar-refractivity contribution is 0.0980. The maximum absolute atomic E-state index is 12.3. The van der Waals surface area contributed by atoms with Gasteiger partial charge < -0.3 is 0 Å². The molecule has 0 heterocycles. The molecule has 1 amide bonds. The number of amides is 1. The minimum Gasteiger partial charge on any atom is -0.268 e. The van der Waals surface area contributed by atoms with E-state index in [-0.39, 0.29) is 0 Å². The number of hydrogen-bond donors (Lipinski definition) is 1. The highest BCUT2D eigenvalue weighted by Crippen LogP contribution is 2.25. The summed E-state index contributed by atoms with van der Waals surface area (Å²) < 4.78 is 24.8. The molecular formula is C21H27NO3S. The van der Waals surface area contributed by atoms with Crippen LogP contribution in [0.2, 0.25) is 0 Å². The number of sulfonamides is 1. The van der Waals surface area contributed by atoms with Crippen molar-refractivity contribution in [3.63, 3.8) is 0 Å². The number of carbonyl (C=O) groups is 1. The van der Waals surface area contributed by atoms with Gasteiger partial charge >= 0.3 is 0 Å². The van der Waals surface area contributed by atoms with Crippen molar-refractivity contribution in [1.82, 2.24) is 4.72 Å². The van der Waals surface area contributed by atoms with Gasteiger partial charge in [-0.2, -0.15) is 0 Å². The Kier molecular flexibility index (Phi) is 6.59. The Hall–Kier alpha value is -2.14. The summed E-state index contributed by atoms with van der Waals surface area (Å²) >= 11 is 0. The maximum atomic E-state index is 12.3. The van der Waals surface area contributed by atoms with Gasteiger partial charge in [0.2, 0.25) is 10.0 Å². The first kappa shape index (κ1) is 20.2. The van der Waals surface area contributed by atoms with E-state index in [1.807, 2.05) is 12.1 Å². The molecule has 0 aliphatic rings. The smallest absolute Gasteiger partial charge is 0.264 e. The number of aryl methyl sites for hydroxylation is 1. The molecule has 5 heteroatoms. The normalized spacial score (nSPS) is 11.6. The number of hydrogen-bond acceptors (Lipinski definition) is 3. The van der Waals surface area contributed by atoms with Crippen LogP contribution in [0.5, 0.6) is 0 Å². The average molecular weight is 374 g/mol. The molecule has 0 fully saturated rings. The number of benzene rings is 2. The fraction of sp³-hybridized carbons (Fsp3) is 0.381. The molecule has 4 nitrogen and oxygen atoms in total. The second-order valence-electron chi connectivity index (χ2n) is 7.12. The second-order valence-corrected chi connectivity index (χ2v) is 8.87. The molecule has 0 aliphatic carbocycles. The minimum absolute atomic E-state index is 0.349. The molecule has 1 N–H and O–H groups in total. The van der Waals surface area contributed by atoms with E-state index in [9.17, 15) is 13.2 Å². The molecule has 0 bridgehead atoms. The molecule has 0 atom stereocenters. The first-order valence-electron chi connectivity index (χ1n) is 8.94. The van der Waals surface area contributed by atoms with Crippen molar-refractivity contribution in [2.45, 2.75) is 40.0 Å². The van der Waals surface area contributed by atoms with Gasteiger partial charge in [0.15, 0.2) is 0 Å². The molecule has 26 heavy (non-hydrogen) atoms. The van der Waals surface area contributed by atoms with Crippen LogP contribution in [0.15, 0.2) is 42.5 Å². The van der Waals surface area contributed by atoms with Crippen LogP contribution in [0.4, 0.5) is 0 Å². The highest BCUT2D eigenvalue weighted by molar-refractivity contribution is 7.89. The minimum atomic E-state index is -3.59. The summed E-state index contributed by atoms with van der Waals surface area (Å²) in [7, 11) is -3.59. The highest BCUT2D eigenvalue weighted by Gasteiger charge is 2.17. The number of rotatable bonds is 7. The molecule has 2 aromatic rings. The van der Waals surface area contributed by atoms with Crippen molar-refractivity contribution in [2.24, 2.45) is 5.92 Å². The van der Waals surface area contributed by atoms with Crippen molar-refractivity contribution in [3.05, 3.63) is 59.2 Å². The predicted octanol–water partition coefficient (Wildman–Crippen LogP) is 4.19. The van der Waals surface area contributed by atoms with Crippen molar-refractivity contribution >= 4 is 15.9 Å². The van der Waals surface area contributed by atoms with Gasteiger partial charge in [-0.3, -0.25) is 4.79 Å². The molecule has 0 radical (unpaired) electrons. The Bertz CT molecular complexity index is 869. The van der Waals surface area contributed by atoms with Crippen molar-refractivity contribution in [1.29, 1.82) is 0 Å². The Morgan fingerprint density at radius 2 is 1.65 bits per heavy atom. The lowest BCUT2D eigenvalue weighted by Crippen LogP contribution is -2.30. The van der Waals surface area contributed by atoms with E-state index in [2.05, 4.69) is 49.8 Å². The van der Waals surface area contributed by atoms with Gasteiger partial charge in [0.05, 0.1) is 6.26 Å². The summed E-state index contributed by atoms with van der Waals surface area (Å²) in [6.45, 7) is 6.31. The zero-order chi connectivity index (χ0) is 19.3. The first-order valence-corrected chi connectivity index (χ1v) is 10.8. The molecule has 0 spiro atoms. The quantitative estimate of drug-likeness (QED) is 0.791. The number of nitrogens with one attached hydrogen (secondary N) is 1. The lowest BCUT2D eigenvalue weighted by Gasteiger charge is -2.14. The Balaban J connectivity index is 2.39. The Morgan fingerprint density at radius 3 is 2.19 bits per heavy atom. The zero-order valence-corrected chi connectivity index (χ0v) is 16.7. The van der Waals surface area contributed by atoms with Gasteiger partial charge in [0.1, 0.15) is 0 Å². The zero-order valence-electron chi connectivity index (χ0n) is 15.9. The van der Waals surface area contributed by atoms with Gasteiger partial charge in [0.25, 0.3) is 5.91 Å².